The number of hydrogen-bond donors (Lipinski definition) is 2. The molecule has 0 radical (unpaired) electrons. The topological polar surface area (TPSA) is 89.3 Å². The molecule has 0 fully saturated rings. The number of amides is 1. The van der Waals surface area contributed by atoms with Gasteiger partial charge in [-0.25, -0.2) is 9.07 Å². The second kappa shape index (κ2) is 8.72. The van der Waals surface area contributed by atoms with Gasteiger partial charge in [0.2, 0.25) is 0 Å². The molecule has 7 nitrogen and oxygen atoms in total. The Kier molecular flexibility index (Phi) is 6.65. The fourth-order valence-corrected chi connectivity index (χ4v) is 2.15. The average molecular weight is 357 g/mol. The predicted octanol–water partition coefficient (Wildman–Crippen LogP) is 1.25. The molecule has 0 saturated heterocycles. The zero-order valence-electron chi connectivity index (χ0n) is 13.1. The van der Waals surface area contributed by atoms with Gasteiger partial charge >= 0.3 is 0 Å². The number of aromatic nitrogens is 3. The normalized spacial score (nSPS) is 12.2. The molecule has 2 aromatic rings. The summed E-state index contributed by atoms with van der Waals surface area (Å²) in [4.78, 5) is 11.9. The molecule has 0 aliphatic heterocycles. The summed E-state index contributed by atoms with van der Waals surface area (Å²) in [6.07, 6.45) is 0.659. The smallest absolute Gasteiger partial charge is 0.273 e. The van der Waals surface area contributed by atoms with Crippen LogP contribution in [0.1, 0.15) is 23.0 Å². The number of rotatable bonds is 8. The fraction of sp³-hybridized carbons (Fsp3) is 0.400. The van der Waals surface area contributed by atoms with Crippen LogP contribution in [0.15, 0.2) is 24.4 Å². The van der Waals surface area contributed by atoms with Gasteiger partial charge in [-0.3, -0.25) is 4.79 Å². The Labute approximate surface area is 143 Å². The van der Waals surface area contributed by atoms with Crippen LogP contribution in [0.25, 0.3) is 0 Å². The lowest BCUT2D eigenvalue weighted by Crippen LogP contribution is -2.34. The van der Waals surface area contributed by atoms with Crippen LogP contribution in [0.5, 0.6) is 0 Å². The summed E-state index contributed by atoms with van der Waals surface area (Å²) >= 11 is 5.95. The van der Waals surface area contributed by atoms with Crippen molar-refractivity contribution in [3.05, 3.63) is 46.5 Å². The number of carbonyl (C=O) groups excluding carboxylic acids is 1. The van der Waals surface area contributed by atoms with Crippen LogP contribution in [-0.2, 0) is 11.3 Å². The minimum atomic E-state index is -0.790. The Bertz CT molecular complexity index is 695. The van der Waals surface area contributed by atoms with Crippen molar-refractivity contribution < 1.29 is 19.0 Å². The lowest BCUT2D eigenvalue weighted by molar-refractivity contribution is 0.0417. The van der Waals surface area contributed by atoms with Crippen molar-refractivity contribution in [2.75, 3.05) is 19.8 Å². The third-order valence-electron chi connectivity index (χ3n) is 3.13. The number of halogens is 2. The van der Waals surface area contributed by atoms with E-state index in [2.05, 4.69) is 15.6 Å². The van der Waals surface area contributed by atoms with Gasteiger partial charge in [-0.05, 0) is 24.6 Å². The summed E-state index contributed by atoms with van der Waals surface area (Å²) in [6.45, 7) is 2.76. The molecule has 1 atom stereocenters. The van der Waals surface area contributed by atoms with E-state index in [0.29, 0.717) is 12.2 Å². The van der Waals surface area contributed by atoms with Crippen molar-refractivity contribution in [1.82, 2.24) is 20.3 Å². The number of ether oxygens (including phenoxy) is 1. The van der Waals surface area contributed by atoms with Gasteiger partial charge in [0.15, 0.2) is 5.69 Å². The van der Waals surface area contributed by atoms with Gasteiger partial charge in [-0.15, -0.1) is 5.10 Å². The summed E-state index contributed by atoms with van der Waals surface area (Å²) in [7, 11) is 0. The highest BCUT2D eigenvalue weighted by Crippen LogP contribution is 2.18. The Balaban J connectivity index is 1.91. The highest BCUT2D eigenvalue weighted by molar-refractivity contribution is 6.31. The minimum absolute atomic E-state index is 0.0511. The van der Waals surface area contributed by atoms with Crippen LogP contribution in [0.4, 0.5) is 4.39 Å². The van der Waals surface area contributed by atoms with Crippen molar-refractivity contribution in [3.63, 3.8) is 0 Å². The highest BCUT2D eigenvalue weighted by atomic mass is 35.5. The molecule has 0 bridgehead atoms. The van der Waals surface area contributed by atoms with Gasteiger partial charge in [-0.1, -0.05) is 22.9 Å². The molecule has 1 amide bonds. The van der Waals surface area contributed by atoms with E-state index in [9.17, 15) is 14.3 Å². The van der Waals surface area contributed by atoms with Crippen molar-refractivity contribution in [3.8, 4) is 0 Å². The SMILES string of the molecule is CCOC[C@H](O)CNC(=O)c1cn(Cc2ccc(F)cc2Cl)nn1. The highest BCUT2D eigenvalue weighted by Gasteiger charge is 2.13. The van der Waals surface area contributed by atoms with Crippen LogP contribution in [0.2, 0.25) is 5.02 Å². The van der Waals surface area contributed by atoms with E-state index in [1.54, 1.807) is 6.07 Å². The van der Waals surface area contributed by atoms with E-state index >= 15 is 0 Å². The predicted molar refractivity (Wildman–Crippen MR) is 85.4 cm³/mol. The average Bonchev–Trinajstić information content (AvgIpc) is 3.02. The molecular weight excluding hydrogens is 339 g/mol. The minimum Gasteiger partial charge on any atom is -0.389 e. The molecule has 0 spiro atoms. The standard InChI is InChI=1S/C15H18ClFN4O3/c1-2-24-9-12(22)6-18-15(23)14-8-21(20-19-14)7-10-3-4-11(17)5-13(10)16/h3-5,8,12,22H,2,6-7,9H2,1H3,(H,18,23)/t12-/m1/s1. The number of aliphatic hydroxyl groups excluding tert-OH is 1. The van der Waals surface area contributed by atoms with Gasteiger partial charge < -0.3 is 15.2 Å². The maximum atomic E-state index is 13.0. The molecule has 0 aliphatic carbocycles. The second-order valence-corrected chi connectivity index (χ2v) is 5.47. The van der Waals surface area contributed by atoms with Crippen LogP contribution < -0.4 is 5.32 Å². The summed E-state index contributed by atoms with van der Waals surface area (Å²) in [6, 6.07) is 4.05. The summed E-state index contributed by atoms with van der Waals surface area (Å²) in [5.74, 6) is -0.880. The quantitative estimate of drug-likeness (QED) is 0.743. The number of nitrogens with one attached hydrogen (secondary N) is 1. The number of carbonyl (C=O) groups is 1. The fourth-order valence-electron chi connectivity index (χ4n) is 1.92. The van der Waals surface area contributed by atoms with Crippen molar-refractivity contribution in [2.45, 2.75) is 19.6 Å². The largest absolute Gasteiger partial charge is 0.389 e. The molecule has 0 saturated carbocycles. The number of nitrogens with zero attached hydrogens (tertiary/aromatic N) is 3. The first-order chi connectivity index (χ1) is 11.5. The van der Waals surface area contributed by atoms with E-state index in [1.165, 1.54) is 23.0 Å². The van der Waals surface area contributed by atoms with Crippen molar-refractivity contribution >= 4 is 17.5 Å². The van der Waals surface area contributed by atoms with Crippen LogP contribution in [0.3, 0.4) is 0 Å². The molecule has 130 valence electrons. The van der Waals surface area contributed by atoms with E-state index in [-0.39, 0.29) is 30.4 Å². The van der Waals surface area contributed by atoms with Crippen molar-refractivity contribution in [1.29, 1.82) is 0 Å². The summed E-state index contributed by atoms with van der Waals surface area (Å²) in [5.41, 5.74) is 0.763. The first-order valence-electron chi connectivity index (χ1n) is 7.37. The Hall–Kier alpha value is -2.03. The molecule has 0 aliphatic rings. The van der Waals surface area contributed by atoms with E-state index in [4.69, 9.17) is 16.3 Å². The lowest BCUT2D eigenvalue weighted by Gasteiger charge is -2.10. The molecular formula is C15H18ClFN4O3. The molecule has 1 aromatic heterocycles. The van der Waals surface area contributed by atoms with Crippen LogP contribution >= 0.6 is 11.6 Å². The third kappa shape index (κ3) is 5.26. The van der Waals surface area contributed by atoms with Crippen molar-refractivity contribution in [2.24, 2.45) is 0 Å². The summed E-state index contributed by atoms with van der Waals surface area (Å²) < 4.78 is 19.5. The van der Waals surface area contributed by atoms with E-state index in [0.717, 1.165) is 0 Å². The third-order valence-corrected chi connectivity index (χ3v) is 3.48. The van der Waals surface area contributed by atoms with Crippen LogP contribution in [0, 0.1) is 5.82 Å². The van der Waals surface area contributed by atoms with Crippen LogP contribution in [-0.4, -0.2) is 51.9 Å². The van der Waals surface area contributed by atoms with E-state index in [1.807, 2.05) is 6.92 Å². The lowest BCUT2D eigenvalue weighted by atomic mass is 10.2. The van der Waals surface area contributed by atoms with E-state index < -0.39 is 17.8 Å². The Morgan fingerprint density at radius 3 is 3.04 bits per heavy atom. The van der Waals surface area contributed by atoms with Gasteiger partial charge in [-0.2, -0.15) is 0 Å². The Morgan fingerprint density at radius 1 is 1.54 bits per heavy atom. The number of aliphatic hydroxyl groups is 1. The first kappa shape index (κ1) is 18.3. The molecule has 2 rings (SSSR count). The molecule has 24 heavy (non-hydrogen) atoms. The number of benzene rings is 1. The maximum Gasteiger partial charge on any atom is 0.273 e. The monoisotopic (exact) mass is 356 g/mol. The second-order valence-electron chi connectivity index (χ2n) is 5.06. The summed E-state index contributed by atoms with van der Waals surface area (Å²) in [5, 5.41) is 20.0. The zero-order chi connectivity index (χ0) is 17.5. The Morgan fingerprint density at radius 2 is 2.33 bits per heavy atom. The van der Waals surface area contributed by atoms with Gasteiger partial charge in [0.1, 0.15) is 5.82 Å². The molecule has 0 unspecified atom stereocenters. The molecule has 2 N–H and O–H groups in total. The van der Waals surface area contributed by atoms with Gasteiger partial charge in [0, 0.05) is 18.2 Å². The molecule has 1 aromatic carbocycles. The number of hydrogen-bond acceptors (Lipinski definition) is 5. The zero-order valence-corrected chi connectivity index (χ0v) is 13.8. The van der Waals surface area contributed by atoms with Gasteiger partial charge in [0.25, 0.3) is 5.91 Å². The van der Waals surface area contributed by atoms with Gasteiger partial charge in [0.05, 0.1) is 25.5 Å². The first-order valence-corrected chi connectivity index (χ1v) is 7.75. The molecule has 1 heterocycles. The maximum absolute atomic E-state index is 13.0. The molecule has 9 heteroatoms.